The number of rotatable bonds is 5. The second kappa shape index (κ2) is 5.69. The number of imidazole rings is 1. The van der Waals surface area contributed by atoms with E-state index in [4.69, 9.17) is 5.73 Å². The Kier molecular flexibility index (Phi) is 4.00. The zero-order chi connectivity index (χ0) is 13.8. The van der Waals surface area contributed by atoms with Gasteiger partial charge < -0.3 is 10.3 Å². The quantitative estimate of drug-likeness (QED) is 0.661. The van der Waals surface area contributed by atoms with Crippen molar-refractivity contribution in [1.82, 2.24) is 9.55 Å². The van der Waals surface area contributed by atoms with E-state index in [2.05, 4.69) is 11.9 Å². The molecule has 1 aromatic carbocycles. The van der Waals surface area contributed by atoms with E-state index in [1.807, 2.05) is 23.8 Å². The van der Waals surface area contributed by atoms with Gasteiger partial charge in [-0.1, -0.05) is 6.92 Å². The number of carbonyl (C=O) groups excluding carboxylic acids is 1. The fourth-order valence-electron chi connectivity index (χ4n) is 2.05. The van der Waals surface area contributed by atoms with Gasteiger partial charge in [-0.25, -0.2) is 4.98 Å². The van der Waals surface area contributed by atoms with Gasteiger partial charge in [0, 0.05) is 30.2 Å². The van der Waals surface area contributed by atoms with E-state index in [9.17, 15) is 4.79 Å². The zero-order valence-electron chi connectivity index (χ0n) is 11.4. The first-order chi connectivity index (χ1) is 9.11. The number of benzene rings is 1. The van der Waals surface area contributed by atoms with Crippen LogP contribution in [0.4, 0.5) is 5.69 Å². The van der Waals surface area contributed by atoms with Crippen molar-refractivity contribution >= 4 is 11.5 Å². The molecule has 1 aromatic heterocycles. The number of aryl methyl sites for hydroxylation is 2. The smallest absolute Gasteiger partial charge is 0.170 e. The van der Waals surface area contributed by atoms with Gasteiger partial charge in [0.2, 0.25) is 0 Å². The summed E-state index contributed by atoms with van der Waals surface area (Å²) in [7, 11) is 0. The van der Waals surface area contributed by atoms with E-state index in [0.717, 1.165) is 24.4 Å². The van der Waals surface area contributed by atoms with E-state index >= 15 is 0 Å². The molecule has 2 rings (SSSR count). The largest absolute Gasteiger partial charge is 0.399 e. The number of Topliss-reactive ketones (excluding diaryl/α,β-unsaturated/α-hetero) is 1. The average Bonchev–Trinajstić information content (AvgIpc) is 2.80. The van der Waals surface area contributed by atoms with E-state index in [1.54, 1.807) is 18.3 Å². The number of ketones is 1. The Morgan fingerprint density at radius 1 is 1.42 bits per heavy atom. The van der Waals surface area contributed by atoms with Crippen LogP contribution in [0, 0.1) is 6.92 Å². The molecule has 0 saturated heterocycles. The van der Waals surface area contributed by atoms with Crippen molar-refractivity contribution in [2.75, 3.05) is 5.73 Å². The highest BCUT2D eigenvalue weighted by Crippen LogP contribution is 2.14. The van der Waals surface area contributed by atoms with Crippen molar-refractivity contribution in [2.24, 2.45) is 0 Å². The molecule has 0 aliphatic rings. The maximum Gasteiger partial charge on any atom is 0.170 e. The highest BCUT2D eigenvalue weighted by atomic mass is 16.1. The highest BCUT2D eigenvalue weighted by molar-refractivity contribution is 5.97. The molecule has 2 aromatic rings. The Morgan fingerprint density at radius 2 is 2.21 bits per heavy atom. The van der Waals surface area contributed by atoms with Crippen LogP contribution in [-0.2, 0) is 13.0 Å². The lowest BCUT2D eigenvalue weighted by molar-refractivity contribution is 0.0989. The fourth-order valence-corrected chi connectivity index (χ4v) is 2.05. The molecule has 100 valence electrons. The summed E-state index contributed by atoms with van der Waals surface area (Å²) in [6.07, 6.45) is 5.02. The summed E-state index contributed by atoms with van der Waals surface area (Å²) < 4.78 is 2.03. The molecule has 4 nitrogen and oxygen atoms in total. The van der Waals surface area contributed by atoms with Crippen molar-refractivity contribution in [2.45, 2.75) is 33.2 Å². The van der Waals surface area contributed by atoms with Crippen LogP contribution in [0.1, 0.15) is 35.1 Å². The van der Waals surface area contributed by atoms with E-state index < -0.39 is 0 Å². The number of carbonyl (C=O) groups is 1. The van der Waals surface area contributed by atoms with E-state index in [0.29, 0.717) is 17.7 Å². The molecule has 0 saturated carbocycles. The van der Waals surface area contributed by atoms with Gasteiger partial charge in [-0.2, -0.15) is 0 Å². The molecule has 0 aliphatic carbocycles. The number of hydrogen-bond donors (Lipinski definition) is 1. The molecule has 0 unspecified atom stereocenters. The van der Waals surface area contributed by atoms with Gasteiger partial charge in [0.1, 0.15) is 5.82 Å². The van der Waals surface area contributed by atoms with Crippen LogP contribution in [0.2, 0.25) is 0 Å². The van der Waals surface area contributed by atoms with Crippen molar-refractivity contribution in [3.63, 3.8) is 0 Å². The third-order valence-corrected chi connectivity index (χ3v) is 3.18. The van der Waals surface area contributed by atoms with E-state index in [-0.39, 0.29) is 5.78 Å². The second-order valence-electron chi connectivity index (χ2n) is 4.71. The molecular weight excluding hydrogens is 238 g/mol. The highest BCUT2D eigenvalue weighted by Gasteiger charge is 2.11. The summed E-state index contributed by atoms with van der Waals surface area (Å²) in [5.74, 6) is 0.896. The minimum Gasteiger partial charge on any atom is -0.399 e. The van der Waals surface area contributed by atoms with Gasteiger partial charge >= 0.3 is 0 Å². The molecule has 0 spiro atoms. The van der Waals surface area contributed by atoms with Gasteiger partial charge in [0.15, 0.2) is 5.78 Å². The fraction of sp³-hybridized carbons (Fsp3) is 0.333. The Morgan fingerprint density at radius 3 is 2.89 bits per heavy atom. The first-order valence-corrected chi connectivity index (χ1v) is 6.51. The first-order valence-electron chi connectivity index (χ1n) is 6.51. The molecule has 0 radical (unpaired) electrons. The standard InChI is InChI=1S/C15H19N3O/c1-3-7-18-8-6-17-15(18)10-14(19)12-4-5-13(16)11(2)9-12/h4-6,8-9H,3,7,10,16H2,1-2H3. The minimum absolute atomic E-state index is 0.0756. The third-order valence-electron chi connectivity index (χ3n) is 3.18. The number of nitrogens with zero attached hydrogens (tertiary/aromatic N) is 2. The van der Waals surface area contributed by atoms with Crippen molar-refractivity contribution in [3.05, 3.63) is 47.5 Å². The maximum atomic E-state index is 12.2. The summed E-state index contributed by atoms with van der Waals surface area (Å²) in [6.45, 7) is 4.91. The predicted molar refractivity (Wildman–Crippen MR) is 76.1 cm³/mol. The number of aromatic nitrogens is 2. The van der Waals surface area contributed by atoms with Crippen LogP contribution >= 0.6 is 0 Å². The monoisotopic (exact) mass is 257 g/mol. The summed E-state index contributed by atoms with van der Waals surface area (Å²) in [5.41, 5.74) is 8.10. The summed E-state index contributed by atoms with van der Waals surface area (Å²) in [6, 6.07) is 5.39. The number of nitrogens with two attached hydrogens (primary N) is 1. The van der Waals surface area contributed by atoms with Crippen LogP contribution in [0.3, 0.4) is 0 Å². The lowest BCUT2D eigenvalue weighted by atomic mass is 10.0. The topological polar surface area (TPSA) is 60.9 Å². The summed E-state index contributed by atoms with van der Waals surface area (Å²) in [5, 5.41) is 0. The molecule has 0 aliphatic heterocycles. The molecule has 1 heterocycles. The summed E-state index contributed by atoms with van der Waals surface area (Å²) >= 11 is 0. The number of nitrogen functional groups attached to an aromatic ring is 1. The maximum absolute atomic E-state index is 12.2. The predicted octanol–water partition coefficient (Wildman–Crippen LogP) is 2.61. The zero-order valence-corrected chi connectivity index (χ0v) is 11.4. The Balaban J connectivity index is 2.16. The Labute approximate surface area is 113 Å². The van der Waals surface area contributed by atoms with Crippen molar-refractivity contribution in [3.8, 4) is 0 Å². The van der Waals surface area contributed by atoms with Gasteiger partial charge in [-0.15, -0.1) is 0 Å². The van der Waals surface area contributed by atoms with Crippen molar-refractivity contribution < 1.29 is 4.79 Å². The third kappa shape index (κ3) is 3.02. The molecule has 0 atom stereocenters. The van der Waals surface area contributed by atoms with Crippen LogP contribution in [0.25, 0.3) is 0 Å². The summed E-state index contributed by atoms with van der Waals surface area (Å²) in [4.78, 5) is 16.5. The Hall–Kier alpha value is -2.10. The Bertz CT molecular complexity index is 587. The minimum atomic E-state index is 0.0756. The van der Waals surface area contributed by atoms with Gasteiger partial charge in [-0.3, -0.25) is 4.79 Å². The van der Waals surface area contributed by atoms with Gasteiger partial charge in [0.05, 0.1) is 6.42 Å². The first kappa shape index (κ1) is 13.3. The van der Waals surface area contributed by atoms with Crippen LogP contribution in [0.15, 0.2) is 30.6 Å². The van der Waals surface area contributed by atoms with Crippen molar-refractivity contribution in [1.29, 1.82) is 0 Å². The normalized spacial score (nSPS) is 10.6. The van der Waals surface area contributed by atoms with Gasteiger partial charge in [0.25, 0.3) is 0 Å². The molecular formula is C15H19N3O. The lowest BCUT2D eigenvalue weighted by Crippen LogP contribution is -2.10. The molecule has 2 N–H and O–H groups in total. The van der Waals surface area contributed by atoms with Crippen LogP contribution < -0.4 is 5.73 Å². The lowest BCUT2D eigenvalue weighted by Gasteiger charge is -2.07. The van der Waals surface area contributed by atoms with E-state index in [1.165, 1.54) is 0 Å². The molecule has 0 fully saturated rings. The second-order valence-corrected chi connectivity index (χ2v) is 4.71. The number of anilines is 1. The molecule has 0 bridgehead atoms. The molecule has 4 heteroatoms. The van der Waals surface area contributed by atoms with Crippen LogP contribution in [-0.4, -0.2) is 15.3 Å². The van der Waals surface area contributed by atoms with Gasteiger partial charge in [-0.05, 0) is 37.1 Å². The molecule has 19 heavy (non-hydrogen) atoms. The average molecular weight is 257 g/mol. The molecule has 0 amide bonds. The SMILES string of the molecule is CCCn1ccnc1CC(=O)c1ccc(N)c(C)c1. The number of hydrogen-bond acceptors (Lipinski definition) is 3. The van der Waals surface area contributed by atoms with Crippen LogP contribution in [0.5, 0.6) is 0 Å².